The first-order valence-corrected chi connectivity index (χ1v) is 6.08. The summed E-state index contributed by atoms with van der Waals surface area (Å²) in [6.07, 6.45) is 0. The van der Waals surface area contributed by atoms with Gasteiger partial charge in [0.15, 0.2) is 5.76 Å². The van der Waals surface area contributed by atoms with Gasteiger partial charge in [0.25, 0.3) is 0 Å². The fourth-order valence-electron chi connectivity index (χ4n) is 1.56. The maximum atomic E-state index is 5.93. The van der Waals surface area contributed by atoms with E-state index in [0.29, 0.717) is 18.2 Å². The minimum Gasteiger partial charge on any atom is -0.383 e. The van der Waals surface area contributed by atoms with Crippen molar-refractivity contribution in [3.63, 3.8) is 0 Å². The lowest BCUT2D eigenvalue weighted by Gasteiger charge is -1.99. The van der Waals surface area contributed by atoms with Crippen molar-refractivity contribution in [3.8, 4) is 11.3 Å². The molecule has 0 radical (unpaired) electrons. The first kappa shape index (κ1) is 13.1. The van der Waals surface area contributed by atoms with Crippen LogP contribution in [0.25, 0.3) is 11.3 Å². The fraction of sp³-hybridized carbons (Fsp3) is 0.308. The zero-order chi connectivity index (χ0) is 12.8. The van der Waals surface area contributed by atoms with Gasteiger partial charge in [-0.1, -0.05) is 28.9 Å². The monoisotopic (exact) mass is 266 g/mol. The molecule has 0 unspecified atom stereocenters. The van der Waals surface area contributed by atoms with Gasteiger partial charge in [-0.3, -0.25) is 0 Å². The summed E-state index contributed by atoms with van der Waals surface area (Å²) in [6.45, 7) is 2.13. The van der Waals surface area contributed by atoms with Crippen LogP contribution in [0.15, 0.2) is 34.9 Å². The Labute approximate surface area is 111 Å². The Morgan fingerprint density at radius 2 is 2.28 bits per heavy atom. The molecule has 1 N–H and O–H groups in total. The van der Waals surface area contributed by atoms with Crippen molar-refractivity contribution in [2.75, 3.05) is 20.3 Å². The number of nitrogens with one attached hydrogen (secondary N) is 1. The first-order valence-electron chi connectivity index (χ1n) is 5.71. The van der Waals surface area contributed by atoms with Gasteiger partial charge in [0.05, 0.1) is 12.3 Å². The molecule has 2 rings (SSSR count). The Hall–Kier alpha value is -1.36. The van der Waals surface area contributed by atoms with E-state index in [9.17, 15) is 0 Å². The number of halogens is 1. The highest BCUT2D eigenvalue weighted by molar-refractivity contribution is 6.30. The smallest absolute Gasteiger partial charge is 0.167 e. The van der Waals surface area contributed by atoms with E-state index < -0.39 is 0 Å². The minimum absolute atomic E-state index is 0.660. The van der Waals surface area contributed by atoms with Crippen LogP contribution in [0.5, 0.6) is 0 Å². The Balaban J connectivity index is 1.97. The van der Waals surface area contributed by atoms with Gasteiger partial charge in [-0.15, -0.1) is 0 Å². The number of nitrogens with zero attached hydrogens (tertiary/aromatic N) is 1. The molecule has 1 aromatic carbocycles. The van der Waals surface area contributed by atoms with Gasteiger partial charge in [0, 0.05) is 36.9 Å². The molecule has 0 aliphatic heterocycles. The van der Waals surface area contributed by atoms with Crippen molar-refractivity contribution < 1.29 is 9.26 Å². The summed E-state index contributed by atoms with van der Waals surface area (Å²) in [5.41, 5.74) is 1.79. The number of hydrogen-bond acceptors (Lipinski definition) is 4. The number of methoxy groups -OCH3 is 1. The van der Waals surface area contributed by atoms with E-state index in [1.807, 2.05) is 30.3 Å². The zero-order valence-electron chi connectivity index (χ0n) is 10.1. The molecule has 0 fully saturated rings. The lowest BCUT2D eigenvalue weighted by Crippen LogP contribution is -2.18. The molecule has 0 bridgehead atoms. The summed E-state index contributed by atoms with van der Waals surface area (Å²) < 4.78 is 10.2. The maximum absolute atomic E-state index is 5.93. The van der Waals surface area contributed by atoms with Crippen LogP contribution in [0, 0.1) is 0 Å². The first-order chi connectivity index (χ1) is 8.79. The van der Waals surface area contributed by atoms with Crippen LogP contribution in [0.4, 0.5) is 0 Å². The fourth-order valence-corrected chi connectivity index (χ4v) is 1.75. The van der Waals surface area contributed by atoms with E-state index in [4.69, 9.17) is 20.9 Å². The molecular weight excluding hydrogens is 252 g/mol. The highest BCUT2D eigenvalue weighted by Crippen LogP contribution is 2.23. The molecule has 0 saturated carbocycles. The van der Waals surface area contributed by atoms with Crippen LogP contribution in [0.2, 0.25) is 5.02 Å². The summed E-state index contributed by atoms with van der Waals surface area (Å²) >= 11 is 5.93. The zero-order valence-corrected chi connectivity index (χ0v) is 10.9. The molecular formula is C13H15ClN2O2. The molecule has 4 nitrogen and oxygen atoms in total. The van der Waals surface area contributed by atoms with Crippen LogP contribution in [-0.2, 0) is 11.3 Å². The normalized spacial score (nSPS) is 10.8. The molecule has 0 saturated heterocycles. The van der Waals surface area contributed by atoms with Gasteiger partial charge >= 0.3 is 0 Å². The summed E-state index contributed by atoms with van der Waals surface area (Å²) in [6, 6.07) is 9.41. The number of benzene rings is 1. The van der Waals surface area contributed by atoms with Crippen LogP contribution in [0.1, 0.15) is 5.69 Å². The van der Waals surface area contributed by atoms with Gasteiger partial charge in [-0.2, -0.15) is 0 Å². The Bertz CT molecular complexity index is 499. The summed E-state index contributed by atoms with van der Waals surface area (Å²) in [4.78, 5) is 0. The van der Waals surface area contributed by atoms with Gasteiger partial charge < -0.3 is 14.6 Å². The standard InChI is InChI=1S/C13H15ClN2O2/c1-17-6-5-15-9-12-8-13(18-16-12)10-3-2-4-11(14)7-10/h2-4,7-8,15H,5-6,9H2,1H3. The SMILES string of the molecule is COCCNCc1cc(-c2cccc(Cl)c2)on1. The Morgan fingerprint density at radius 1 is 1.39 bits per heavy atom. The van der Waals surface area contributed by atoms with E-state index >= 15 is 0 Å². The summed E-state index contributed by atoms with van der Waals surface area (Å²) in [7, 11) is 1.68. The topological polar surface area (TPSA) is 47.3 Å². The third-order valence-corrected chi connectivity index (χ3v) is 2.69. The number of ether oxygens (including phenoxy) is 1. The molecule has 1 aromatic heterocycles. The molecule has 0 aliphatic rings. The van der Waals surface area contributed by atoms with Crippen molar-refractivity contribution in [1.29, 1.82) is 0 Å². The van der Waals surface area contributed by atoms with Crippen molar-refractivity contribution in [2.24, 2.45) is 0 Å². The minimum atomic E-state index is 0.660. The maximum Gasteiger partial charge on any atom is 0.167 e. The van der Waals surface area contributed by atoms with Crippen LogP contribution >= 0.6 is 11.6 Å². The number of rotatable bonds is 6. The second-order valence-electron chi connectivity index (χ2n) is 3.86. The molecule has 0 amide bonds. The van der Waals surface area contributed by atoms with Crippen molar-refractivity contribution in [3.05, 3.63) is 41.0 Å². The third kappa shape index (κ3) is 3.57. The van der Waals surface area contributed by atoms with Crippen LogP contribution in [-0.4, -0.2) is 25.4 Å². The second-order valence-corrected chi connectivity index (χ2v) is 4.30. The highest BCUT2D eigenvalue weighted by atomic mass is 35.5. The quantitative estimate of drug-likeness (QED) is 0.817. The summed E-state index contributed by atoms with van der Waals surface area (Å²) in [5, 5.41) is 7.89. The van der Waals surface area contributed by atoms with Crippen molar-refractivity contribution in [1.82, 2.24) is 10.5 Å². The summed E-state index contributed by atoms with van der Waals surface area (Å²) in [5.74, 6) is 0.723. The third-order valence-electron chi connectivity index (χ3n) is 2.46. The Kier molecular flexibility index (Phi) is 4.75. The van der Waals surface area contributed by atoms with Gasteiger partial charge in [-0.05, 0) is 12.1 Å². The lowest BCUT2D eigenvalue weighted by molar-refractivity contribution is 0.199. The van der Waals surface area contributed by atoms with Gasteiger partial charge in [0.1, 0.15) is 0 Å². The van der Waals surface area contributed by atoms with Gasteiger partial charge in [0.2, 0.25) is 0 Å². The van der Waals surface area contributed by atoms with Gasteiger partial charge in [-0.25, -0.2) is 0 Å². The average Bonchev–Trinajstić information content (AvgIpc) is 2.83. The van der Waals surface area contributed by atoms with E-state index in [0.717, 1.165) is 23.6 Å². The lowest BCUT2D eigenvalue weighted by atomic mass is 10.1. The Morgan fingerprint density at radius 3 is 3.06 bits per heavy atom. The predicted molar refractivity (Wildman–Crippen MR) is 70.5 cm³/mol. The molecule has 18 heavy (non-hydrogen) atoms. The molecule has 96 valence electrons. The largest absolute Gasteiger partial charge is 0.383 e. The molecule has 0 atom stereocenters. The number of aromatic nitrogens is 1. The number of hydrogen-bond donors (Lipinski definition) is 1. The average molecular weight is 267 g/mol. The van der Waals surface area contributed by atoms with E-state index in [1.165, 1.54) is 0 Å². The predicted octanol–water partition coefficient (Wildman–Crippen LogP) is 2.73. The van der Waals surface area contributed by atoms with Crippen LogP contribution < -0.4 is 5.32 Å². The van der Waals surface area contributed by atoms with Crippen molar-refractivity contribution >= 4 is 11.6 Å². The van der Waals surface area contributed by atoms with E-state index in [1.54, 1.807) is 7.11 Å². The molecule has 5 heteroatoms. The van der Waals surface area contributed by atoms with E-state index in [-0.39, 0.29) is 0 Å². The highest BCUT2D eigenvalue weighted by Gasteiger charge is 2.06. The molecule has 0 spiro atoms. The molecule has 1 heterocycles. The van der Waals surface area contributed by atoms with Crippen LogP contribution in [0.3, 0.4) is 0 Å². The second kappa shape index (κ2) is 6.54. The van der Waals surface area contributed by atoms with E-state index in [2.05, 4.69) is 10.5 Å². The van der Waals surface area contributed by atoms with Crippen molar-refractivity contribution in [2.45, 2.75) is 6.54 Å². The molecule has 2 aromatic rings. The molecule has 0 aliphatic carbocycles.